The van der Waals surface area contributed by atoms with Gasteiger partial charge < -0.3 is 10.4 Å². The number of carbonyl (C=O) groups is 1. The van der Waals surface area contributed by atoms with Gasteiger partial charge in [-0.15, -0.1) is 11.8 Å². The summed E-state index contributed by atoms with van der Waals surface area (Å²) in [5, 5.41) is 11.8. The van der Waals surface area contributed by atoms with Crippen molar-refractivity contribution in [3.05, 3.63) is 0 Å². The summed E-state index contributed by atoms with van der Waals surface area (Å²) in [5.74, 6) is 0.673. The maximum Gasteiger partial charge on any atom is 0.230 e. The first kappa shape index (κ1) is 16.8. The quantitative estimate of drug-likeness (QED) is 0.712. The monoisotopic (exact) mass is 309 g/mol. The van der Waals surface area contributed by atoms with Crippen LogP contribution in [0.25, 0.3) is 0 Å². The van der Waals surface area contributed by atoms with Crippen molar-refractivity contribution in [1.29, 1.82) is 0 Å². The molecule has 0 saturated carbocycles. The molecule has 5 nitrogen and oxygen atoms in total. The molecule has 0 radical (unpaired) electrons. The number of hydrogen-bond donors (Lipinski definition) is 2. The number of rotatable bonds is 7. The van der Waals surface area contributed by atoms with Crippen LogP contribution in [-0.4, -0.2) is 55.1 Å². The van der Waals surface area contributed by atoms with Crippen molar-refractivity contribution in [3.63, 3.8) is 0 Å². The Morgan fingerprint density at radius 2 is 2.16 bits per heavy atom. The van der Waals surface area contributed by atoms with Crippen LogP contribution in [0, 0.1) is 5.41 Å². The summed E-state index contributed by atoms with van der Waals surface area (Å²) in [4.78, 5) is 11.7. The molecule has 1 rings (SSSR count). The molecule has 0 aromatic carbocycles. The number of hydrogen-bond acceptors (Lipinski definition) is 5. The van der Waals surface area contributed by atoms with E-state index in [4.69, 9.17) is 5.11 Å². The van der Waals surface area contributed by atoms with Crippen LogP contribution in [0.5, 0.6) is 0 Å². The lowest BCUT2D eigenvalue weighted by Crippen LogP contribution is -2.35. The molecule has 1 unspecified atom stereocenters. The molecule has 0 spiro atoms. The molecular weight excluding hydrogens is 286 g/mol. The van der Waals surface area contributed by atoms with Crippen LogP contribution in [0.3, 0.4) is 0 Å². The highest BCUT2D eigenvalue weighted by Crippen LogP contribution is 2.24. The minimum Gasteiger partial charge on any atom is -0.396 e. The molecule has 2 N–H and O–H groups in total. The van der Waals surface area contributed by atoms with Crippen LogP contribution < -0.4 is 5.32 Å². The molecule has 1 heterocycles. The fourth-order valence-electron chi connectivity index (χ4n) is 1.87. The minimum atomic E-state index is -2.87. The molecule has 1 amide bonds. The van der Waals surface area contributed by atoms with Crippen LogP contribution >= 0.6 is 11.8 Å². The number of thioether (sulfide) groups is 1. The maximum atomic E-state index is 11.7. The highest BCUT2D eigenvalue weighted by Gasteiger charge is 2.28. The lowest BCUT2D eigenvalue weighted by molar-refractivity contribution is -0.119. The van der Waals surface area contributed by atoms with E-state index in [-0.39, 0.29) is 34.7 Å². The van der Waals surface area contributed by atoms with Crippen LogP contribution in [0.4, 0.5) is 0 Å². The molecule has 0 bridgehead atoms. The number of amides is 1. The Morgan fingerprint density at radius 1 is 1.47 bits per heavy atom. The van der Waals surface area contributed by atoms with E-state index in [1.165, 1.54) is 11.8 Å². The molecule has 1 fully saturated rings. The van der Waals surface area contributed by atoms with Gasteiger partial charge in [-0.05, 0) is 18.3 Å². The van der Waals surface area contributed by atoms with Crippen molar-refractivity contribution < 1.29 is 18.3 Å². The molecule has 19 heavy (non-hydrogen) atoms. The van der Waals surface area contributed by atoms with E-state index in [2.05, 4.69) is 5.32 Å². The zero-order valence-electron chi connectivity index (χ0n) is 11.5. The van der Waals surface area contributed by atoms with Crippen LogP contribution in [0.2, 0.25) is 0 Å². The third-order valence-corrected chi connectivity index (χ3v) is 6.48. The summed E-state index contributed by atoms with van der Waals surface area (Å²) < 4.78 is 22.6. The molecule has 112 valence electrons. The summed E-state index contributed by atoms with van der Waals surface area (Å²) in [5.41, 5.74) is -0.119. The molecule has 0 aliphatic carbocycles. The van der Waals surface area contributed by atoms with E-state index in [0.717, 1.165) is 0 Å². The topological polar surface area (TPSA) is 83.5 Å². The molecule has 0 aromatic rings. The second kappa shape index (κ2) is 6.95. The van der Waals surface area contributed by atoms with Crippen LogP contribution in [-0.2, 0) is 14.6 Å². The predicted octanol–water partition coefficient (Wildman–Crippen LogP) is 0.431. The van der Waals surface area contributed by atoms with Gasteiger partial charge in [0.15, 0.2) is 9.84 Å². The molecule has 1 aliphatic heterocycles. The van der Waals surface area contributed by atoms with E-state index in [0.29, 0.717) is 25.1 Å². The van der Waals surface area contributed by atoms with Gasteiger partial charge in [0.1, 0.15) is 0 Å². The zero-order chi connectivity index (χ0) is 14.5. The number of nitrogens with one attached hydrogen (secondary N) is 1. The van der Waals surface area contributed by atoms with E-state index in [1.54, 1.807) is 0 Å². The molecular formula is C12H23NO4S2. The van der Waals surface area contributed by atoms with Gasteiger partial charge >= 0.3 is 0 Å². The minimum absolute atomic E-state index is 0.0567. The van der Waals surface area contributed by atoms with Crippen molar-refractivity contribution >= 4 is 27.5 Å². The fourth-order valence-corrected chi connectivity index (χ4v) is 5.34. The second-order valence-corrected chi connectivity index (χ2v) is 9.27. The first-order valence-corrected chi connectivity index (χ1v) is 9.31. The Hall–Kier alpha value is -0.270. The summed E-state index contributed by atoms with van der Waals surface area (Å²) in [6, 6.07) is 0. The van der Waals surface area contributed by atoms with Crippen molar-refractivity contribution in [3.8, 4) is 0 Å². The average molecular weight is 309 g/mol. The fraction of sp³-hybridized carbons (Fsp3) is 0.917. The van der Waals surface area contributed by atoms with Crippen molar-refractivity contribution in [2.75, 3.05) is 30.4 Å². The van der Waals surface area contributed by atoms with E-state index < -0.39 is 9.84 Å². The van der Waals surface area contributed by atoms with Gasteiger partial charge in [0.2, 0.25) is 5.91 Å². The highest BCUT2D eigenvalue weighted by atomic mass is 32.2. The van der Waals surface area contributed by atoms with Gasteiger partial charge in [0, 0.05) is 18.4 Å². The number of sulfone groups is 1. The molecule has 0 aromatic heterocycles. The summed E-state index contributed by atoms with van der Waals surface area (Å²) in [6.45, 7) is 4.61. The Labute approximate surface area is 119 Å². The Morgan fingerprint density at radius 3 is 2.68 bits per heavy atom. The zero-order valence-corrected chi connectivity index (χ0v) is 13.1. The Balaban J connectivity index is 2.22. The smallest absolute Gasteiger partial charge is 0.230 e. The third kappa shape index (κ3) is 6.63. The van der Waals surface area contributed by atoms with Crippen molar-refractivity contribution in [2.45, 2.75) is 31.9 Å². The molecule has 1 saturated heterocycles. The van der Waals surface area contributed by atoms with Crippen molar-refractivity contribution in [1.82, 2.24) is 5.32 Å². The Bertz CT molecular complexity index is 406. The molecule has 1 aliphatic rings. The predicted molar refractivity (Wildman–Crippen MR) is 78.0 cm³/mol. The van der Waals surface area contributed by atoms with Gasteiger partial charge in [0.25, 0.3) is 0 Å². The van der Waals surface area contributed by atoms with Gasteiger partial charge in [-0.2, -0.15) is 0 Å². The van der Waals surface area contributed by atoms with Gasteiger partial charge in [-0.3, -0.25) is 4.79 Å². The first-order valence-electron chi connectivity index (χ1n) is 6.44. The second-order valence-electron chi connectivity index (χ2n) is 5.75. The lowest BCUT2D eigenvalue weighted by Gasteiger charge is -2.23. The van der Waals surface area contributed by atoms with Crippen LogP contribution in [0.1, 0.15) is 26.7 Å². The molecule has 7 heteroatoms. The highest BCUT2D eigenvalue weighted by molar-refractivity contribution is 8.02. The molecule has 1 atom stereocenters. The Kier molecular flexibility index (Phi) is 6.14. The van der Waals surface area contributed by atoms with Crippen molar-refractivity contribution in [2.24, 2.45) is 5.41 Å². The van der Waals surface area contributed by atoms with E-state index in [9.17, 15) is 13.2 Å². The lowest BCUT2D eigenvalue weighted by atomic mass is 9.90. The number of aliphatic hydroxyl groups excluding tert-OH is 1. The van der Waals surface area contributed by atoms with E-state index >= 15 is 0 Å². The van der Waals surface area contributed by atoms with Gasteiger partial charge in [0.05, 0.1) is 17.3 Å². The summed E-state index contributed by atoms with van der Waals surface area (Å²) in [7, 11) is -2.87. The number of carbonyl (C=O) groups excluding carboxylic acids is 1. The SMILES string of the molecule is CC(C)(CCO)CNC(=O)CSC1CCS(=O)(=O)C1. The van der Waals surface area contributed by atoms with E-state index in [1.807, 2.05) is 13.8 Å². The normalized spacial score (nSPS) is 22.4. The average Bonchev–Trinajstić information content (AvgIpc) is 2.64. The van der Waals surface area contributed by atoms with Gasteiger partial charge in [-0.1, -0.05) is 13.8 Å². The maximum absolute atomic E-state index is 11.7. The first-order chi connectivity index (χ1) is 8.74. The largest absolute Gasteiger partial charge is 0.396 e. The summed E-state index contributed by atoms with van der Waals surface area (Å²) >= 11 is 1.42. The van der Waals surface area contributed by atoms with Gasteiger partial charge in [-0.25, -0.2) is 8.42 Å². The van der Waals surface area contributed by atoms with Crippen LogP contribution in [0.15, 0.2) is 0 Å². The third-order valence-electron chi connectivity index (χ3n) is 3.19. The number of aliphatic hydroxyl groups is 1. The summed E-state index contributed by atoms with van der Waals surface area (Å²) in [6.07, 6.45) is 1.29. The standard InChI is InChI=1S/C12H23NO4S2/c1-12(2,4-5-14)9-13-11(15)7-18-10-3-6-19(16,17)8-10/h10,14H,3-9H2,1-2H3,(H,13,15).